The molecule has 0 aliphatic heterocycles. The lowest BCUT2D eigenvalue weighted by Crippen LogP contribution is -2.31. The highest BCUT2D eigenvalue weighted by atomic mass is 16.5. The van der Waals surface area contributed by atoms with Crippen molar-refractivity contribution < 1.29 is 14.3 Å². The number of methoxy groups -OCH3 is 1. The van der Waals surface area contributed by atoms with Gasteiger partial charge in [0.1, 0.15) is 11.5 Å². The Balaban J connectivity index is 1.89. The lowest BCUT2D eigenvalue weighted by molar-refractivity contribution is -0.132. The highest BCUT2D eigenvalue weighted by molar-refractivity contribution is 5.77. The molecule has 0 saturated carbocycles. The van der Waals surface area contributed by atoms with Crippen LogP contribution in [-0.2, 0) is 11.3 Å². The summed E-state index contributed by atoms with van der Waals surface area (Å²) in [6.45, 7) is 4.59. The van der Waals surface area contributed by atoms with Crippen molar-refractivity contribution >= 4 is 5.91 Å². The van der Waals surface area contributed by atoms with Gasteiger partial charge >= 0.3 is 0 Å². The number of rotatable bonds is 6. The largest absolute Gasteiger partial charge is 0.497 e. The Morgan fingerprint density at radius 1 is 1.09 bits per heavy atom. The molecule has 0 aromatic heterocycles. The predicted octanol–water partition coefficient (Wildman–Crippen LogP) is 3.35. The zero-order chi connectivity index (χ0) is 16.8. The van der Waals surface area contributed by atoms with E-state index in [0.717, 1.165) is 22.6 Å². The highest BCUT2D eigenvalue weighted by Gasteiger charge is 2.11. The van der Waals surface area contributed by atoms with E-state index >= 15 is 0 Å². The minimum atomic E-state index is -0.0548. The highest BCUT2D eigenvalue weighted by Crippen LogP contribution is 2.19. The summed E-state index contributed by atoms with van der Waals surface area (Å²) in [6.07, 6.45) is 0. The van der Waals surface area contributed by atoms with Gasteiger partial charge in [-0.15, -0.1) is 0 Å². The number of nitrogens with zero attached hydrogens (tertiary/aromatic N) is 1. The Kier molecular flexibility index (Phi) is 5.63. The Bertz CT molecular complexity index is 665. The number of amides is 1. The SMILES string of the molecule is COc1ccc(CN(C)C(=O)COc2ccc(C)cc2C)cc1. The summed E-state index contributed by atoms with van der Waals surface area (Å²) in [4.78, 5) is 13.9. The van der Waals surface area contributed by atoms with E-state index in [1.807, 2.05) is 56.3 Å². The molecule has 2 aromatic carbocycles. The van der Waals surface area contributed by atoms with Gasteiger partial charge in [-0.1, -0.05) is 29.8 Å². The van der Waals surface area contributed by atoms with Crippen LogP contribution >= 0.6 is 0 Å². The summed E-state index contributed by atoms with van der Waals surface area (Å²) >= 11 is 0. The van der Waals surface area contributed by atoms with Gasteiger partial charge in [-0.3, -0.25) is 4.79 Å². The van der Waals surface area contributed by atoms with Gasteiger partial charge in [0.05, 0.1) is 7.11 Å². The first-order valence-electron chi connectivity index (χ1n) is 7.56. The van der Waals surface area contributed by atoms with Crippen molar-refractivity contribution in [2.24, 2.45) is 0 Å². The molecule has 0 saturated heterocycles. The normalized spacial score (nSPS) is 10.3. The Labute approximate surface area is 137 Å². The van der Waals surface area contributed by atoms with Crippen LogP contribution in [0, 0.1) is 13.8 Å². The second-order valence-electron chi connectivity index (χ2n) is 5.66. The number of ether oxygens (including phenoxy) is 2. The van der Waals surface area contributed by atoms with Crippen molar-refractivity contribution in [2.75, 3.05) is 20.8 Å². The maximum atomic E-state index is 12.2. The Hall–Kier alpha value is -2.49. The molecule has 0 N–H and O–H groups in total. The molecule has 0 spiro atoms. The summed E-state index contributed by atoms with van der Waals surface area (Å²) < 4.78 is 10.8. The third-order valence-corrected chi connectivity index (χ3v) is 3.69. The fourth-order valence-electron chi connectivity index (χ4n) is 2.30. The minimum Gasteiger partial charge on any atom is -0.497 e. The van der Waals surface area contributed by atoms with E-state index in [2.05, 4.69) is 0 Å². The van der Waals surface area contributed by atoms with E-state index in [1.165, 1.54) is 5.56 Å². The van der Waals surface area contributed by atoms with Crippen molar-refractivity contribution in [1.29, 1.82) is 0 Å². The van der Waals surface area contributed by atoms with Crippen LogP contribution in [0.15, 0.2) is 42.5 Å². The van der Waals surface area contributed by atoms with Gasteiger partial charge in [-0.2, -0.15) is 0 Å². The number of aryl methyl sites for hydroxylation is 2. The van der Waals surface area contributed by atoms with E-state index in [9.17, 15) is 4.79 Å². The van der Waals surface area contributed by atoms with Crippen LogP contribution in [0.4, 0.5) is 0 Å². The molecule has 23 heavy (non-hydrogen) atoms. The van der Waals surface area contributed by atoms with Crippen molar-refractivity contribution in [3.8, 4) is 11.5 Å². The predicted molar refractivity (Wildman–Crippen MR) is 90.9 cm³/mol. The third-order valence-electron chi connectivity index (χ3n) is 3.69. The molecule has 122 valence electrons. The first kappa shape index (κ1) is 16.9. The van der Waals surface area contributed by atoms with Crippen molar-refractivity contribution in [1.82, 2.24) is 4.90 Å². The molecule has 0 radical (unpaired) electrons. The lowest BCUT2D eigenvalue weighted by Gasteiger charge is -2.18. The van der Waals surface area contributed by atoms with Crippen molar-refractivity contribution in [3.63, 3.8) is 0 Å². The topological polar surface area (TPSA) is 38.8 Å². The van der Waals surface area contributed by atoms with Gasteiger partial charge in [0.2, 0.25) is 0 Å². The molecule has 0 heterocycles. The van der Waals surface area contributed by atoms with Crippen LogP contribution in [0.25, 0.3) is 0 Å². The fourth-order valence-corrected chi connectivity index (χ4v) is 2.30. The number of hydrogen-bond acceptors (Lipinski definition) is 3. The summed E-state index contributed by atoms with van der Waals surface area (Å²) in [7, 11) is 3.41. The average molecular weight is 313 g/mol. The maximum absolute atomic E-state index is 12.2. The molecule has 0 fully saturated rings. The second-order valence-corrected chi connectivity index (χ2v) is 5.66. The molecule has 4 heteroatoms. The molecule has 0 bridgehead atoms. The zero-order valence-electron chi connectivity index (χ0n) is 14.1. The standard InChI is InChI=1S/C19H23NO3/c1-14-5-10-18(15(2)11-14)23-13-19(21)20(3)12-16-6-8-17(22-4)9-7-16/h5-11H,12-13H2,1-4H3. The molecule has 0 atom stereocenters. The first-order chi connectivity index (χ1) is 11.0. The average Bonchev–Trinajstić information content (AvgIpc) is 2.54. The molecule has 2 aromatic rings. The number of carbonyl (C=O) groups is 1. The summed E-state index contributed by atoms with van der Waals surface area (Å²) in [5.74, 6) is 1.50. The Morgan fingerprint density at radius 2 is 1.78 bits per heavy atom. The van der Waals surface area contributed by atoms with Gasteiger partial charge < -0.3 is 14.4 Å². The van der Waals surface area contributed by atoms with Crippen molar-refractivity contribution in [3.05, 3.63) is 59.2 Å². The van der Waals surface area contributed by atoms with E-state index in [-0.39, 0.29) is 12.5 Å². The summed E-state index contributed by atoms with van der Waals surface area (Å²) in [5.41, 5.74) is 3.27. The first-order valence-corrected chi connectivity index (χ1v) is 7.56. The molecular weight excluding hydrogens is 290 g/mol. The van der Waals surface area contributed by atoms with E-state index in [0.29, 0.717) is 6.54 Å². The number of carbonyl (C=O) groups excluding carboxylic acids is 1. The van der Waals surface area contributed by atoms with Gasteiger partial charge in [0.15, 0.2) is 6.61 Å². The molecule has 0 aliphatic carbocycles. The molecule has 0 aliphatic rings. The van der Waals surface area contributed by atoms with Crippen LogP contribution in [0.1, 0.15) is 16.7 Å². The quantitative estimate of drug-likeness (QED) is 0.821. The summed E-state index contributed by atoms with van der Waals surface area (Å²) in [6, 6.07) is 13.6. The molecule has 4 nitrogen and oxygen atoms in total. The van der Waals surface area contributed by atoms with Gasteiger partial charge in [-0.05, 0) is 43.2 Å². The molecule has 2 rings (SSSR count). The smallest absolute Gasteiger partial charge is 0.260 e. The van der Waals surface area contributed by atoms with E-state index in [4.69, 9.17) is 9.47 Å². The lowest BCUT2D eigenvalue weighted by atomic mass is 10.1. The van der Waals surface area contributed by atoms with Crippen molar-refractivity contribution in [2.45, 2.75) is 20.4 Å². The van der Waals surface area contributed by atoms with Crippen LogP contribution in [0.3, 0.4) is 0 Å². The minimum absolute atomic E-state index is 0.0382. The van der Waals surface area contributed by atoms with Crippen LogP contribution < -0.4 is 9.47 Å². The molecular formula is C19H23NO3. The molecule has 0 unspecified atom stereocenters. The Morgan fingerprint density at radius 3 is 2.39 bits per heavy atom. The number of hydrogen-bond donors (Lipinski definition) is 0. The van der Waals surface area contributed by atoms with Crippen LogP contribution in [0.2, 0.25) is 0 Å². The fraction of sp³-hybridized carbons (Fsp3) is 0.316. The van der Waals surface area contributed by atoms with Gasteiger partial charge in [0.25, 0.3) is 5.91 Å². The van der Waals surface area contributed by atoms with E-state index in [1.54, 1.807) is 19.1 Å². The summed E-state index contributed by atoms with van der Waals surface area (Å²) in [5, 5.41) is 0. The van der Waals surface area contributed by atoms with Gasteiger partial charge in [0, 0.05) is 13.6 Å². The zero-order valence-corrected chi connectivity index (χ0v) is 14.1. The number of benzene rings is 2. The van der Waals surface area contributed by atoms with Gasteiger partial charge in [-0.25, -0.2) is 0 Å². The molecule has 1 amide bonds. The number of likely N-dealkylation sites (N-methyl/N-ethyl adjacent to an activating group) is 1. The third kappa shape index (κ3) is 4.74. The van der Waals surface area contributed by atoms with Crippen LogP contribution in [-0.4, -0.2) is 31.6 Å². The monoisotopic (exact) mass is 313 g/mol. The maximum Gasteiger partial charge on any atom is 0.260 e. The van der Waals surface area contributed by atoms with Crippen LogP contribution in [0.5, 0.6) is 11.5 Å². The second kappa shape index (κ2) is 7.68. The van der Waals surface area contributed by atoms with E-state index < -0.39 is 0 Å².